The summed E-state index contributed by atoms with van der Waals surface area (Å²) in [6.45, 7) is 2.08. The Bertz CT molecular complexity index is 1150. The fraction of sp³-hybridized carbons (Fsp3) is 0.500. The van der Waals surface area contributed by atoms with Crippen molar-refractivity contribution in [1.82, 2.24) is 15.0 Å². The molecule has 0 unspecified atom stereocenters. The van der Waals surface area contributed by atoms with Crippen molar-refractivity contribution in [2.75, 3.05) is 19.8 Å². The van der Waals surface area contributed by atoms with Gasteiger partial charge in [0.05, 0.1) is 18.8 Å². The molecule has 0 bridgehead atoms. The molecule has 11 nitrogen and oxygen atoms in total. The van der Waals surface area contributed by atoms with E-state index in [0.29, 0.717) is 25.8 Å². The highest BCUT2D eigenvalue weighted by Crippen LogP contribution is 2.39. The Morgan fingerprint density at radius 2 is 1.85 bits per heavy atom. The van der Waals surface area contributed by atoms with Gasteiger partial charge in [-0.05, 0) is 43.9 Å². The number of carbonyl (C=O) groups excluding carboxylic acids is 1. The molecule has 2 heterocycles. The summed E-state index contributed by atoms with van der Waals surface area (Å²) < 4.78 is 87.9. The number of nitrogens with one attached hydrogen (secondary N) is 1. The molecule has 0 spiro atoms. The van der Waals surface area contributed by atoms with Crippen LogP contribution in [0.2, 0.25) is 0 Å². The van der Waals surface area contributed by atoms with Crippen molar-refractivity contribution in [3.05, 3.63) is 29.7 Å². The highest BCUT2D eigenvalue weighted by atomic mass is 19.4. The molecule has 0 saturated carbocycles. The van der Waals surface area contributed by atoms with E-state index in [0.717, 1.165) is 12.5 Å². The van der Waals surface area contributed by atoms with E-state index in [1.54, 1.807) is 4.90 Å². The average molecular weight is 569 g/mol. The molecule has 0 radical (unpaired) electrons. The van der Waals surface area contributed by atoms with Gasteiger partial charge < -0.3 is 29.7 Å². The number of hydrogen-bond donors (Lipinski definition) is 3. The zero-order valence-electron chi connectivity index (χ0n) is 20.4. The smallest absolute Gasteiger partial charge is 0.490 e. The summed E-state index contributed by atoms with van der Waals surface area (Å²) in [6.07, 6.45) is -7.39. The Hall–Kier alpha value is -4.05. The summed E-state index contributed by atoms with van der Waals surface area (Å²) in [5.74, 6) is -3.39. The summed E-state index contributed by atoms with van der Waals surface area (Å²) in [6, 6.07) is 3.19. The topological polar surface area (TPSA) is 165 Å². The first-order valence-corrected chi connectivity index (χ1v) is 11.3. The molecule has 0 aliphatic carbocycles. The second-order valence-corrected chi connectivity index (χ2v) is 8.10. The summed E-state index contributed by atoms with van der Waals surface area (Å²) in [5, 5.41) is 18.6. The van der Waals surface area contributed by atoms with Gasteiger partial charge in [0.2, 0.25) is 11.7 Å². The number of nitrogens with zero attached hydrogens (tertiary/aromatic N) is 3. The number of nitrogens with two attached hydrogens (primary N) is 1. The third kappa shape index (κ3) is 9.33. The number of aliphatic carboxylic acids is 1. The molecule has 3 rings (SSSR count). The molecule has 1 aromatic heterocycles. The molecule has 17 heteroatoms. The van der Waals surface area contributed by atoms with Crippen LogP contribution in [0, 0.1) is 5.41 Å². The number of carboxylic acid groups (broad SMARTS) is 1. The van der Waals surface area contributed by atoms with E-state index in [2.05, 4.69) is 10.1 Å². The summed E-state index contributed by atoms with van der Waals surface area (Å²) in [4.78, 5) is 25.5. The number of alkyl halides is 6. The number of likely N-dealkylation sites (tertiary alicyclic amines) is 1. The molecule has 1 aliphatic heterocycles. The van der Waals surface area contributed by atoms with Crippen LogP contribution in [0.4, 0.5) is 26.3 Å². The minimum Gasteiger partial charge on any atom is -0.493 e. The van der Waals surface area contributed by atoms with Crippen molar-refractivity contribution in [1.29, 1.82) is 5.41 Å². The van der Waals surface area contributed by atoms with E-state index >= 15 is 0 Å². The maximum absolute atomic E-state index is 13.6. The average Bonchev–Trinajstić information content (AvgIpc) is 3.50. The van der Waals surface area contributed by atoms with Gasteiger partial charge in [-0.15, -0.1) is 0 Å². The number of esters is 1. The lowest BCUT2D eigenvalue weighted by Gasteiger charge is -2.21. The molecule has 4 N–H and O–H groups in total. The monoisotopic (exact) mass is 569 g/mol. The Morgan fingerprint density at radius 1 is 1.21 bits per heavy atom. The molecule has 1 fully saturated rings. The summed E-state index contributed by atoms with van der Waals surface area (Å²) in [7, 11) is 0. The van der Waals surface area contributed by atoms with Crippen molar-refractivity contribution >= 4 is 17.9 Å². The van der Waals surface area contributed by atoms with Gasteiger partial charge in [-0.2, -0.15) is 31.3 Å². The Kier molecular flexibility index (Phi) is 10.5. The van der Waals surface area contributed by atoms with Crippen molar-refractivity contribution < 1.29 is 55.0 Å². The number of benzene rings is 1. The lowest BCUT2D eigenvalue weighted by molar-refractivity contribution is -0.192. The van der Waals surface area contributed by atoms with Gasteiger partial charge in [-0.3, -0.25) is 10.2 Å². The van der Waals surface area contributed by atoms with Crippen molar-refractivity contribution in [3.8, 4) is 17.1 Å². The first kappa shape index (κ1) is 31.2. The van der Waals surface area contributed by atoms with Gasteiger partial charge >= 0.3 is 24.3 Å². The number of guanidine groups is 1. The SMILES string of the molecule is CC(=O)OCCCCOc1ccc(-c2noc([C@@H]3CCCN3C(=N)N)n2)cc1C(F)(F)F.O=C(O)C(F)(F)F. The summed E-state index contributed by atoms with van der Waals surface area (Å²) >= 11 is 0. The van der Waals surface area contributed by atoms with E-state index in [-0.39, 0.29) is 48.2 Å². The van der Waals surface area contributed by atoms with Crippen LogP contribution in [0.25, 0.3) is 11.4 Å². The Morgan fingerprint density at radius 3 is 2.41 bits per heavy atom. The lowest BCUT2D eigenvalue weighted by atomic mass is 10.1. The molecule has 1 aliphatic rings. The second kappa shape index (κ2) is 13.1. The number of ether oxygens (including phenoxy) is 2. The van der Waals surface area contributed by atoms with Crippen molar-refractivity contribution in [2.45, 2.75) is 51.0 Å². The lowest BCUT2D eigenvalue weighted by Crippen LogP contribution is -2.35. The number of halogens is 6. The van der Waals surface area contributed by atoms with Crippen LogP contribution in [0.1, 0.15) is 50.1 Å². The van der Waals surface area contributed by atoms with Crippen LogP contribution in [0.5, 0.6) is 5.75 Å². The van der Waals surface area contributed by atoms with Gasteiger partial charge in [-0.1, -0.05) is 5.16 Å². The third-order valence-corrected chi connectivity index (χ3v) is 5.18. The van der Waals surface area contributed by atoms with Crippen molar-refractivity contribution in [2.24, 2.45) is 5.73 Å². The molecule has 216 valence electrons. The predicted molar refractivity (Wildman–Crippen MR) is 120 cm³/mol. The normalized spacial score (nSPS) is 15.4. The molecule has 1 aromatic carbocycles. The van der Waals surface area contributed by atoms with Gasteiger partial charge in [-0.25, -0.2) is 4.79 Å². The van der Waals surface area contributed by atoms with E-state index in [9.17, 15) is 31.1 Å². The molecule has 0 amide bonds. The molecular weight excluding hydrogens is 544 g/mol. The molecule has 1 atom stereocenters. The van der Waals surface area contributed by atoms with E-state index in [1.165, 1.54) is 19.1 Å². The number of aromatic nitrogens is 2. The minimum absolute atomic E-state index is 0.00818. The first-order chi connectivity index (χ1) is 18.1. The standard InChI is InChI=1S/C20H24F3N5O4.C2HF3O2/c1-12(29)30-9-2-3-10-31-16-7-6-13(11-14(16)20(21,22)23)17-26-18(32-27-17)15-5-4-8-28(15)19(24)25;3-2(4,5)1(6)7/h6-7,11,15H,2-5,8-10H2,1H3,(H3,24,25);(H,6,7)/t15-;/m0./s1. The van der Waals surface area contributed by atoms with Gasteiger partial charge in [0.15, 0.2) is 5.96 Å². The van der Waals surface area contributed by atoms with Crippen LogP contribution < -0.4 is 10.5 Å². The maximum atomic E-state index is 13.6. The number of hydrogen-bond acceptors (Lipinski definition) is 8. The van der Waals surface area contributed by atoms with Crippen LogP contribution in [0.15, 0.2) is 22.7 Å². The fourth-order valence-corrected chi connectivity index (χ4v) is 3.42. The van der Waals surface area contributed by atoms with E-state index < -0.39 is 29.9 Å². The summed E-state index contributed by atoms with van der Waals surface area (Å²) in [5.41, 5.74) is 4.74. The number of carbonyl (C=O) groups is 2. The highest BCUT2D eigenvalue weighted by molar-refractivity contribution is 5.75. The van der Waals surface area contributed by atoms with Gasteiger partial charge in [0, 0.05) is 19.0 Å². The molecule has 39 heavy (non-hydrogen) atoms. The van der Waals surface area contributed by atoms with Crippen LogP contribution in [-0.4, -0.2) is 64.0 Å². The second-order valence-electron chi connectivity index (χ2n) is 8.10. The first-order valence-electron chi connectivity index (χ1n) is 11.3. The zero-order chi connectivity index (χ0) is 29.4. The number of unbranched alkanes of at least 4 members (excludes halogenated alkanes) is 1. The minimum atomic E-state index is -5.08. The van der Waals surface area contributed by atoms with Crippen LogP contribution in [-0.2, 0) is 20.5 Å². The fourth-order valence-electron chi connectivity index (χ4n) is 3.42. The largest absolute Gasteiger partial charge is 0.493 e. The third-order valence-electron chi connectivity index (χ3n) is 5.18. The number of carboxylic acids is 1. The molecule has 2 aromatic rings. The predicted octanol–water partition coefficient (Wildman–Crippen LogP) is 4.14. The van der Waals surface area contributed by atoms with Crippen LogP contribution >= 0.6 is 0 Å². The Labute approximate surface area is 217 Å². The highest BCUT2D eigenvalue weighted by Gasteiger charge is 2.38. The van der Waals surface area contributed by atoms with E-state index in [1.807, 2.05) is 0 Å². The quantitative estimate of drug-likeness (QED) is 0.138. The van der Waals surface area contributed by atoms with E-state index in [4.69, 9.17) is 35.0 Å². The maximum Gasteiger partial charge on any atom is 0.490 e. The van der Waals surface area contributed by atoms with Gasteiger partial charge in [0.25, 0.3) is 0 Å². The van der Waals surface area contributed by atoms with Crippen molar-refractivity contribution in [3.63, 3.8) is 0 Å². The molecular formula is C22H25F6N5O6. The van der Waals surface area contributed by atoms with Gasteiger partial charge in [0.1, 0.15) is 11.8 Å². The zero-order valence-corrected chi connectivity index (χ0v) is 20.4. The Balaban J connectivity index is 0.000000673. The van der Waals surface area contributed by atoms with Crippen LogP contribution in [0.3, 0.4) is 0 Å². The number of rotatable bonds is 8. The molecule has 1 saturated heterocycles.